The number of aromatic nitrogens is 2. The van der Waals surface area contributed by atoms with E-state index in [0.717, 1.165) is 92.8 Å². The minimum absolute atomic E-state index is 0.208. The highest BCUT2D eigenvalue weighted by molar-refractivity contribution is 6.06. The zero-order valence-electron chi connectivity index (χ0n) is 27.2. The van der Waals surface area contributed by atoms with Gasteiger partial charge in [0.1, 0.15) is 0 Å². The molecule has 0 saturated carbocycles. The lowest BCUT2D eigenvalue weighted by molar-refractivity contribution is -0.112. The van der Waals surface area contributed by atoms with Crippen molar-refractivity contribution in [1.82, 2.24) is 29.6 Å². The highest BCUT2D eigenvalue weighted by atomic mass is 16.5. The molecule has 4 heterocycles. The van der Waals surface area contributed by atoms with Gasteiger partial charge in [-0.25, -0.2) is 4.98 Å². The van der Waals surface area contributed by atoms with Gasteiger partial charge in [-0.15, -0.1) is 0 Å². The molecule has 44 heavy (non-hydrogen) atoms. The van der Waals surface area contributed by atoms with Crippen molar-refractivity contribution >= 4 is 22.9 Å². The monoisotopic (exact) mass is 599 g/mol. The zero-order valence-corrected chi connectivity index (χ0v) is 27.2. The standard InChI is InChI=1S/C35H49N7O2/c1-7-8-9-14-41-24-29-21-30(27(41)4)26(3)34(36-5)44-19-10-11-25(2)22-42-32-20-28(23-40-17-15-39(6)16-18-40)12-13-31(32)37-35(42)38-33(29)43/h9,12-14,20-21,24-25,36H,4,7-8,10-11,15-19,22-23H2,1-3,5-6H3,(H,37,38,43)/b14-9-,34-26?. The predicted octanol–water partition coefficient (Wildman–Crippen LogP) is 5.57. The van der Waals surface area contributed by atoms with E-state index in [9.17, 15) is 4.79 Å². The van der Waals surface area contributed by atoms with Crippen molar-refractivity contribution in [2.75, 3.05) is 52.2 Å². The van der Waals surface area contributed by atoms with Crippen LogP contribution >= 0.6 is 0 Å². The third-order valence-electron chi connectivity index (χ3n) is 8.78. The van der Waals surface area contributed by atoms with Gasteiger partial charge in [-0.3, -0.25) is 15.0 Å². The number of allylic oxidation sites excluding steroid dienone is 2. The molecule has 2 aromatic rings. The number of unbranched alkanes of at least 4 members (excludes halogenated alkanes) is 1. The van der Waals surface area contributed by atoms with Gasteiger partial charge in [-0.2, -0.15) is 0 Å². The average Bonchev–Trinajstić information content (AvgIpc) is 3.34. The summed E-state index contributed by atoms with van der Waals surface area (Å²) in [5, 5.41) is 6.41. The third kappa shape index (κ3) is 7.27. The van der Waals surface area contributed by atoms with Crippen molar-refractivity contribution < 1.29 is 9.53 Å². The second kappa shape index (κ2) is 14.3. The van der Waals surface area contributed by atoms with Crippen LogP contribution in [-0.4, -0.2) is 77.0 Å². The number of benzene rings is 1. The summed E-state index contributed by atoms with van der Waals surface area (Å²) in [4.78, 5) is 25.7. The second-order valence-corrected chi connectivity index (χ2v) is 12.4. The number of amides is 1. The first kappa shape index (κ1) is 31.6. The summed E-state index contributed by atoms with van der Waals surface area (Å²) in [5.41, 5.74) is 6.30. The van der Waals surface area contributed by atoms with E-state index in [2.05, 4.69) is 76.7 Å². The molecule has 1 atom stereocenters. The van der Waals surface area contributed by atoms with E-state index in [1.54, 1.807) is 0 Å². The molecule has 1 amide bonds. The second-order valence-electron chi connectivity index (χ2n) is 12.4. The van der Waals surface area contributed by atoms with Crippen LogP contribution in [0.1, 0.15) is 52.0 Å². The van der Waals surface area contributed by atoms with E-state index in [1.165, 1.54) is 5.56 Å². The molecule has 1 unspecified atom stereocenters. The molecule has 3 aliphatic rings. The van der Waals surface area contributed by atoms with Crippen LogP contribution in [0.2, 0.25) is 0 Å². The Morgan fingerprint density at radius 1 is 1.23 bits per heavy atom. The third-order valence-corrected chi connectivity index (χ3v) is 8.78. The SMILES string of the molecule is C=C1C2=CC(=CN1/C=C\CCC)C(=O)Nc1nc3ccc(CN4CCN(C)CC4)cc3n1CC(C)CCCOC(NC)=C2C. The number of rotatable bonds is 6. The minimum Gasteiger partial charge on any atom is -0.479 e. The van der Waals surface area contributed by atoms with Crippen molar-refractivity contribution in [3.8, 4) is 0 Å². The summed E-state index contributed by atoms with van der Waals surface area (Å²) >= 11 is 0. The van der Waals surface area contributed by atoms with Crippen LogP contribution < -0.4 is 10.6 Å². The fraction of sp³-hybridized carbons (Fsp3) is 0.486. The lowest BCUT2D eigenvalue weighted by Crippen LogP contribution is -2.43. The number of nitrogens with one attached hydrogen (secondary N) is 2. The molecule has 9 nitrogen and oxygen atoms in total. The maximum Gasteiger partial charge on any atom is 0.259 e. The molecule has 1 saturated heterocycles. The van der Waals surface area contributed by atoms with E-state index in [1.807, 2.05) is 37.3 Å². The van der Waals surface area contributed by atoms with E-state index in [0.29, 0.717) is 29.9 Å². The molecule has 1 aromatic carbocycles. The van der Waals surface area contributed by atoms with Crippen LogP contribution in [-0.2, 0) is 22.6 Å². The maximum absolute atomic E-state index is 13.9. The molecule has 1 aromatic heterocycles. The van der Waals surface area contributed by atoms with Crippen LogP contribution in [0.15, 0.2) is 77.6 Å². The number of imidazole rings is 1. The van der Waals surface area contributed by atoms with Crippen LogP contribution in [0.3, 0.4) is 0 Å². The van der Waals surface area contributed by atoms with Crippen molar-refractivity contribution in [3.05, 3.63) is 83.2 Å². The topological polar surface area (TPSA) is 77.9 Å². The molecule has 2 bridgehead atoms. The quantitative estimate of drug-likeness (QED) is 0.449. The molecule has 0 spiro atoms. The first-order valence-electron chi connectivity index (χ1n) is 16.1. The molecule has 0 radical (unpaired) electrons. The molecular formula is C35H49N7O2. The van der Waals surface area contributed by atoms with Gasteiger partial charge >= 0.3 is 0 Å². The molecular weight excluding hydrogens is 550 g/mol. The number of carbonyl (C=O) groups is 1. The van der Waals surface area contributed by atoms with Crippen molar-refractivity contribution in [2.45, 2.75) is 59.5 Å². The van der Waals surface area contributed by atoms with E-state index in [-0.39, 0.29) is 5.91 Å². The molecule has 0 aliphatic carbocycles. The summed E-state index contributed by atoms with van der Waals surface area (Å²) in [5.74, 6) is 1.43. The van der Waals surface area contributed by atoms with Crippen LogP contribution in [0.5, 0.6) is 0 Å². The minimum atomic E-state index is -0.208. The first-order chi connectivity index (χ1) is 21.3. The fourth-order valence-corrected chi connectivity index (χ4v) is 6.06. The van der Waals surface area contributed by atoms with E-state index < -0.39 is 0 Å². The van der Waals surface area contributed by atoms with Gasteiger partial charge in [0, 0.05) is 75.6 Å². The number of ether oxygens (including phenoxy) is 1. The number of likely N-dealkylation sites (N-methyl/N-ethyl adjacent to an activating group) is 1. The van der Waals surface area contributed by atoms with Gasteiger partial charge in [0.05, 0.1) is 23.2 Å². The first-order valence-corrected chi connectivity index (χ1v) is 16.1. The normalized spacial score (nSPS) is 21.4. The number of nitrogens with zero attached hydrogens (tertiary/aromatic N) is 5. The maximum atomic E-state index is 13.9. The summed E-state index contributed by atoms with van der Waals surface area (Å²) in [6.45, 7) is 17.4. The van der Waals surface area contributed by atoms with Gasteiger partial charge < -0.3 is 24.4 Å². The number of fused-ring (bicyclic) bond motifs is 4. The zero-order chi connectivity index (χ0) is 31.2. The Labute approximate surface area is 262 Å². The highest BCUT2D eigenvalue weighted by Crippen LogP contribution is 2.32. The number of hydrogen-bond acceptors (Lipinski definition) is 7. The summed E-state index contributed by atoms with van der Waals surface area (Å²) in [7, 11) is 4.05. The van der Waals surface area contributed by atoms with Crippen LogP contribution in [0, 0.1) is 5.92 Å². The average molecular weight is 600 g/mol. The highest BCUT2D eigenvalue weighted by Gasteiger charge is 2.25. The summed E-state index contributed by atoms with van der Waals surface area (Å²) < 4.78 is 8.45. The van der Waals surface area contributed by atoms with Gasteiger partial charge in [0.25, 0.3) is 5.91 Å². The Kier molecular flexibility index (Phi) is 10.3. The van der Waals surface area contributed by atoms with Crippen LogP contribution in [0.4, 0.5) is 5.95 Å². The van der Waals surface area contributed by atoms with E-state index >= 15 is 0 Å². The van der Waals surface area contributed by atoms with Gasteiger partial charge in [0.2, 0.25) is 5.95 Å². The summed E-state index contributed by atoms with van der Waals surface area (Å²) in [6.07, 6.45) is 11.7. The van der Waals surface area contributed by atoms with Crippen LogP contribution in [0.25, 0.3) is 11.0 Å². The largest absolute Gasteiger partial charge is 0.479 e. The predicted molar refractivity (Wildman–Crippen MR) is 178 cm³/mol. The van der Waals surface area contributed by atoms with Gasteiger partial charge in [0.15, 0.2) is 5.88 Å². The van der Waals surface area contributed by atoms with Crippen molar-refractivity contribution in [1.29, 1.82) is 0 Å². The van der Waals surface area contributed by atoms with E-state index in [4.69, 9.17) is 9.72 Å². The Morgan fingerprint density at radius 2 is 2.02 bits per heavy atom. The molecule has 5 rings (SSSR count). The van der Waals surface area contributed by atoms with Gasteiger partial charge in [-0.1, -0.05) is 39.0 Å². The Balaban J connectivity index is 1.52. The molecule has 236 valence electrons. The fourth-order valence-electron chi connectivity index (χ4n) is 6.06. The smallest absolute Gasteiger partial charge is 0.259 e. The Bertz CT molecular complexity index is 1490. The Morgan fingerprint density at radius 3 is 2.77 bits per heavy atom. The van der Waals surface area contributed by atoms with Crippen molar-refractivity contribution in [3.63, 3.8) is 0 Å². The lowest BCUT2D eigenvalue weighted by Gasteiger charge is -2.32. The molecule has 9 heteroatoms. The molecule has 1 fully saturated rings. The number of piperazine rings is 1. The number of carbonyl (C=O) groups excluding carboxylic acids is 1. The number of hydrogen-bond donors (Lipinski definition) is 2. The number of anilines is 1. The lowest BCUT2D eigenvalue weighted by atomic mass is 9.98. The Hall–Kier alpha value is -3.82. The van der Waals surface area contributed by atoms with Gasteiger partial charge in [-0.05, 0) is 62.9 Å². The van der Waals surface area contributed by atoms with Crippen molar-refractivity contribution in [2.24, 2.45) is 5.92 Å². The molecule has 2 N–H and O–H groups in total. The summed E-state index contributed by atoms with van der Waals surface area (Å²) in [6, 6.07) is 6.53. The molecule has 3 aliphatic heterocycles.